The minimum Gasteiger partial charge on any atom is -0.493 e. The molecule has 3 saturated heterocycles. The van der Waals surface area contributed by atoms with Gasteiger partial charge in [-0.1, -0.05) is 18.2 Å². The second-order valence-corrected chi connectivity index (χ2v) is 12.3. The van der Waals surface area contributed by atoms with Gasteiger partial charge in [-0.2, -0.15) is 0 Å². The number of nitrogens with zero attached hydrogens (tertiary/aromatic N) is 3. The van der Waals surface area contributed by atoms with E-state index in [1.807, 2.05) is 24.3 Å². The molecular weight excluding hydrogens is 570 g/mol. The largest absolute Gasteiger partial charge is 0.519 e. The quantitative estimate of drug-likeness (QED) is 0.442. The van der Waals surface area contributed by atoms with Crippen molar-refractivity contribution >= 4 is 17.7 Å². The fourth-order valence-electron chi connectivity index (χ4n) is 6.66. The number of hydrogen-bond donors (Lipinski definition) is 2. The van der Waals surface area contributed by atoms with Gasteiger partial charge in [-0.05, 0) is 46.2 Å². The number of amides is 3. The molecule has 6 rings (SSSR count). The number of nitrogens with one attached hydrogen (secondary N) is 2. The Bertz CT molecular complexity index is 1440. The number of fused-ring (bicyclic) bond motifs is 2. The molecule has 4 aliphatic rings. The van der Waals surface area contributed by atoms with Crippen LogP contribution in [-0.2, 0) is 25.7 Å². The highest BCUT2D eigenvalue weighted by Crippen LogP contribution is 2.34. The third-order valence-electron chi connectivity index (χ3n) is 9.52. The summed E-state index contributed by atoms with van der Waals surface area (Å²) in [6.45, 7) is 6.30. The summed E-state index contributed by atoms with van der Waals surface area (Å²) in [5, 5.41) is 6.20. The predicted molar refractivity (Wildman–Crippen MR) is 157 cm³/mol. The van der Waals surface area contributed by atoms with Gasteiger partial charge in [-0.15, -0.1) is 0 Å². The Labute approximate surface area is 255 Å². The molecule has 2 aromatic rings. The van der Waals surface area contributed by atoms with E-state index in [4.69, 9.17) is 18.3 Å². The Balaban J connectivity index is 1.18. The van der Waals surface area contributed by atoms with Crippen molar-refractivity contribution < 1.29 is 32.7 Å². The molecule has 5 atom stereocenters. The van der Waals surface area contributed by atoms with Crippen molar-refractivity contribution in [2.75, 3.05) is 40.0 Å². The van der Waals surface area contributed by atoms with Crippen LogP contribution in [0.25, 0.3) is 0 Å². The highest BCUT2D eigenvalue weighted by Gasteiger charge is 2.46. The molecule has 3 amide bonds. The minimum absolute atomic E-state index is 0.101. The summed E-state index contributed by atoms with van der Waals surface area (Å²) in [6, 6.07) is 5.49. The summed E-state index contributed by atoms with van der Waals surface area (Å²) in [5.74, 6) is -0.0822. The zero-order valence-electron chi connectivity index (χ0n) is 25.5. The number of rotatable bonds is 8. The molecule has 0 bridgehead atoms. The molecule has 3 fully saturated rings. The SMILES string of the molecule is Cc1oc(=O)oc1CN(C)[C@@H](C)C(=O)N[C@H]1CN(C2COC2)CC[C@H]2CC[C@@H](C(=O)N[C@@H]3CCOc4ccccc43)N2C1=O. The lowest BCUT2D eigenvalue weighted by Crippen LogP contribution is -2.64. The van der Waals surface area contributed by atoms with E-state index in [0.29, 0.717) is 50.7 Å². The van der Waals surface area contributed by atoms with Crippen LogP contribution in [0.4, 0.5) is 0 Å². The molecule has 5 heterocycles. The predicted octanol–water partition coefficient (Wildman–Crippen LogP) is 0.950. The summed E-state index contributed by atoms with van der Waals surface area (Å²) in [6.07, 6.45) is 2.69. The maximum absolute atomic E-state index is 14.3. The van der Waals surface area contributed by atoms with Gasteiger partial charge in [0.1, 0.15) is 23.6 Å². The van der Waals surface area contributed by atoms with Crippen LogP contribution >= 0.6 is 0 Å². The molecule has 2 N–H and O–H groups in total. The van der Waals surface area contributed by atoms with Gasteiger partial charge in [0.15, 0.2) is 5.76 Å². The van der Waals surface area contributed by atoms with Crippen molar-refractivity contribution in [3.05, 3.63) is 52.0 Å². The van der Waals surface area contributed by atoms with Gasteiger partial charge in [-0.25, -0.2) is 4.79 Å². The number of carbonyl (C=O) groups is 3. The van der Waals surface area contributed by atoms with Crippen LogP contribution in [0.1, 0.15) is 55.7 Å². The molecular formula is C31H41N5O8. The van der Waals surface area contributed by atoms with E-state index >= 15 is 0 Å². The van der Waals surface area contributed by atoms with E-state index in [9.17, 15) is 19.2 Å². The van der Waals surface area contributed by atoms with Gasteiger partial charge in [0.25, 0.3) is 0 Å². The maximum atomic E-state index is 14.3. The fourth-order valence-corrected chi connectivity index (χ4v) is 6.66. The zero-order valence-corrected chi connectivity index (χ0v) is 25.5. The lowest BCUT2D eigenvalue weighted by molar-refractivity contribution is -0.147. The summed E-state index contributed by atoms with van der Waals surface area (Å²) in [4.78, 5) is 58.8. The van der Waals surface area contributed by atoms with Gasteiger partial charge < -0.3 is 33.8 Å². The number of ether oxygens (including phenoxy) is 2. The number of carbonyl (C=O) groups excluding carboxylic acids is 3. The van der Waals surface area contributed by atoms with Crippen molar-refractivity contribution in [3.8, 4) is 5.75 Å². The first-order valence-corrected chi connectivity index (χ1v) is 15.5. The summed E-state index contributed by atoms with van der Waals surface area (Å²) < 4.78 is 21.3. The molecule has 0 unspecified atom stereocenters. The topological polar surface area (TPSA) is 147 Å². The molecule has 13 nitrogen and oxygen atoms in total. The van der Waals surface area contributed by atoms with Crippen LogP contribution in [0.3, 0.4) is 0 Å². The lowest BCUT2D eigenvalue weighted by atomic mass is 10.00. The van der Waals surface area contributed by atoms with E-state index in [1.165, 1.54) is 0 Å². The molecule has 13 heteroatoms. The van der Waals surface area contributed by atoms with E-state index in [2.05, 4.69) is 15.5 Å². The Hall–Kier alpha value is -3.68. The number of likely N-dealkylation sites (N-methyl/N-ethyl adjacent to an activating group) is 1. The van der Waals surface area contributed by atoms with E-state index in [1.54, 1.807) is 30.7 Å². The summed E-state index contributed by atoms with van der Waals surface area (Å²) >= 11 is 0. The molecule has 0 spiro atoms. The van der Waals surface area contributed by atoms with E-state index in [-0.39, 0.29) is 42.4 Å². The molecule has 0 radical (unpaired) electrons. The Morgan fingerprint density at radius 1 is 1.02 bits per heavy atom. The number of para-hydroxylation sites is 1. The number of hydrogen-bond acceptors (Lipinski definition) is 10. The van der Waals surface area contributed by atoms with Gasteiger partial charge in [-0.3, -0.25) is 24.2 Å². The highest BCUT2D eigenvalue weighted by molar-refractivity contribution is 5.94. The molecule has 238 valence electrons. The summed E-state index contributed by atoms with van der Waals surface area (Å²) in [5.41, 5.74) is 0.937. The molecule has 0 saturated carbocycles. The third-order valence-corrected chi connectivity index (χ3v) is 9.52. The molecule has 4 aliphatic heterocycles. The van der Waals surface area contributed by atoms with Crippen LogP contribution in [0, 0.1) is 6.92 Å². The van der Waals surface area contributed by atoms with Gasteiger partial charge >= 0.3 is 5.82 Å². The third kappa shape index (κ3) is 6.13. The Kier molecular flexibility index (Phi) is 8.79. The fraction of sp³-hybridized carbons (Fsp3) is 0.613. The van der Waals surface area contributed by atoms with Crippen molar-refractivity contribution in [2.45, 2.75) is 82.3 Å². The Morgan fingerprint density at radius 2 is 1.82 bits per heavy atom. The molecule has 1 aromatic heterocycles. The molecule has 44 heavy (non-hydrogen) atoms. The first-order chi connectivity index (χ1) is 21.2. The van der Waals surface area contributed by atoms with Crippen LogP contribution < -0.4 is 21.2 Å². The van der Waals surface area contributed by atoms with Crippen molar-refractivity contribution in [2.24, 2.45) is 0 Å². The van der Waals surface area contributed by atoms with Gasteiger partial charge in [0, 0.05) is 31.1 Å². The average Bonchev–Trinajstić information content (AvgIpc) is 3.54. The molecule has 0 aliphatic carbocycles. The van der Waals surface area contributed by atoms with Crippen molar-refractivity contribution in [1.82, 2.24) is 25.3 Å². The van der Waals surface area contributed by atoms with Crippen LogP contribution in [0.15, 0.2) is 37.9 Å². The standard InChI is InChI=1S/C31H41N5O8/c1-18(34(3)15-27-19(2)43-31(40)44-27)28(37)33-24-14-35(21-16-41-17-21)12-10-20-8-9-25(36(20)30(24)39)29(38)32-23-11-13-42-26-7-5-4-6-22(23)26/h4-7,18,20-21,23-25H,8-17H2,1-3H3,(H,32,38)(H,33,37)/t18-,20+,23+,24-,25-/m0/s1. The average molecular weight is 612 g/mol. The maximum Gasteiger partial charge on any atom is 0.519 e. The number of aryl methyl sites for hydroxylation is 1. The number of benzene rings is 1. The zero-order chi connectivity index (χ0) is 31.0. The highest BCUT2D eigenvalue weighted by atomic mass is 16.6. The lowest BCUT2D eigenvalue weighted by Gasteiger charge is -2.43. The smallest absolute Gasteiger partial charge is 0.493 e. The Morgan fingerprint density at radius 3 is 2.55 bits per heavy atom. The van der Waals surface area contributed by atoms with Crippen molar-refractivity contribution in [1.29, 1.82) is 0 Å². The van der Waals surface area contributed by atoms with E-state index in [0.717, 1.165) is 30.7 Å². The second-order valence-electron chi connectivity index (χ2n) is 12.3. The summed E-state index contributed by atoms with van der Waals surface area (Å²) in [7, 11) is 1.74. The monoisotopic (exact) mass is 611 g/mol. The normalized spacial score (nSPS) is 26.5. The van der Waals surface area contributed by atoms with E-state index < -0.39 is 23.9 Å². The van der Waals surface area contributed by atoms with Crippen molar-refractivity contribution in [3.63, 3.8) is 0 Å². The van der Waals surface area contributed by atoms with Crippen LogP contribution in [0.5, 0.6) is 5.75 Å². The second kappa shape index (κ2) is 12.7. The minimum atomic E-state index is -0.840. The van der Waals surface area contributed by atoms with Gasteiger partial charge in [0.2, 0.25) is 17.7 Å². The van der Waals surface area contributed by atoms with Crippen LogP contribution in [0.2, 0.25) is 0 Å². The first-order valence-electron chi connectivity index (χ1n) is 15.5. The molecule has 1 aromatic carbocycles. The van der Waals surface area contributed by atoms with Crippen LogP contribution in [-0.4, -0.2) is 103 Å². The first kappa shape index (κ1) is 30.4. The van der Waals surface area contributed by atoms with Gasteiger partial charge in [0.05, 0.1) is 44.5 Å².